The average Bonchev–Trinajstić information content (AvgIpc) is 2.46. The summed E-state index contributed by atoms with van der Waals surface area (Å²) in [7, 11) is 1.62. The van der Waals surface area contributed by atoms with Gasteiger partial charge in [-0.1, -0.05) is 12.1 Å². The predicted molar refractivity (Wildman–Crippen MR) is 82.0 cm³/mol. The summed E-state index contributed by atoms with van der Waals surface area (Å²) < 4.78 is 13.6. The highest BCUT2D eigenvalue weighted by molar-refractivity contribution is 5.93. The van der Waals surface area contributed by atoms with Gasteiger partial charge in [0.25, 0.3) is 0 Å². The van der Waals surface area contributed by atoms with E-state index in [2.05, 4.69) is 10.3 Å². The quantitative estimate of drug-likeness (QED) is 0.941. The third-order valence-corrected chi connectivity index (χ3v) is 3.05. The summed E-state index contributed by atoms with van der Waals surface area (Å²) in [5.74, 6) is -0.445. The van der Waals surface area contributed by atoms with Crippen molar-refractivity contribution >= 4 is 17.4 Å². The third kappa shape index (κ3) is 3.58. The Morgan fingerprint density at radius 2 is 2.09 bits per heavy atom. The van der Waals surface area contributed by atoms with Crippen molar-refractivity contribution in [1.82, 2.24) is 4.98 Å². The first kappa shape index (κ1) is 15.4. The zero-order chi connectivity index (χ0) is 16.1. The van der Waals surface area contributed by atoms with E-state index in [1.165, 1.54) is 17.0 Å². The molecule has 2 aromatic rings. The van der Waals surface area contributed by atoms with Crippen LogP contribution in [0.5, 0.6) is 0 Å². The fraction of sp³-hybridized carbons (Fsp3) is 0.188. The van der Waals surface area contributed by atoms with Crippen LogP contribution in [0, 0.1) is 24.1 Å². The van der Waals surface area contributed by atoms with Crippen LogP contribution in [0.25, 0.3) is 0 Å². The fourth-order valence-corrected chi connectivity index (χ4v) is 2.04. The van der Waals surface area contributed by atoms with Crippen LogP contribution in [-0.4, -0.2) is 24.5 Å². The number of aromatic nitrogens is 1. The molecule has 0 bridgehead atoms. The minimum absolute atomic E-state index is 0.0201. The molecule has 6 heteroatoms. The van der Waals surface area contributed by atoms with Crippen molar-refractivity contribution in [2.45, 2.75) is 6.92 Å². The maximum atomic E-state index is 13.6. The molecule has 0 saturated carbocycles. The minimum atomic E-state index is -0.604. The van der Waals surface area contributed by atoms with Crippen molar-refractivity contribution < 1.29 is 9.18 Å². The molecule has 0 unspecified atom stereocenters. The van der Waals surface area contributed by atoms with Crippen molar-refractivity contribution in [3.8, 4) is 6.07 Å². The second kappa shape index (κ2) is 6.68. The Balaban J connectivity index is 2.09. The van der Waals surface area contributed by atoms with Gasteiger partial charge in [-0.3, -0.25) is 4.79 Å². The van der Waals surface area contributed by atoms with E-state index >= 15 is 0 Å². The molecule has 0 fully saturated rings. The van der Waals surface area contributed by atoms with Gasteiger partial charge in [0.2, 0.25) is 5.91 Å². The molecule has 1 N–H and O–H groups in total. The van der Waals surface area contributed by atoms with Crippen molar-refractivity contribution in [2.24, 2.45) is 0 Å². The number of amides is 1. The SMILES string of the molecule is Cc1cccc(NC(=O)CN(C)c2cccc(F)c2C#N)n1. The molecule has 5 nitrogen and oxygen atoms in total. The lowest BCUT2D eigenvalue weighted by molar-refractivity contribution is -0.114. The van der Waals surface area contributed by atoms with E-state index in [0.717, 1.165) is 5.69 Å². The molecule has 0 radical (unpaired) electrons. The van der Waals surface area contributed by atoms with Crippen LogP contribution in [0.4, 0.5) is 15.9 Å². The summed E-state index contributed by atoms with van der Waals surface area (Å²) >= 11 is 0. The number of halogens is 1. The fourth-order valence-electron chi connectivity index (χ4n) is 2.04. The number of anilines is 2. The van der Waals surface area contributed by atoms with Crippen LogP contribution in [-0.2, 0) is 4.79 Å². The van der Waals surface area contributed by atoms with Gasteiger partial charge in [-0.05, 0) is 31.2 Å². The van der Waals surface area contributed by atoms with E-state index in [9.17, 15) is 9.18 Å². The van der Waals surface area contributed by atoms with Crippen molar-refractivity contribution in [3.05, 3.63) is 53.5 Å². The molecular weight excluding hydrogens is 283 g/mol. The smallest absolute Gasteiger partial charge is 0.245 e. The Kier molecular flexibility index (Phi) is 4.69. The maximum absolute atomic E-state index is 13.6. The molecule has 0 atom stereocenters. The summed E-state index contributed by atoms with van der Waals surface area (Å²) in [6.45, 7) is 1.81. The Hall–Kier alpha value is -2.94. The normalized spacial score (nSPS) is 9.91. The topological polar surface area (TPSA) is 69.0 Å². The number of aryl methyl sites for hydroxylation is 1. The summed E-state index contributed by atoms with van der Waals surface area (Å²) in [6.07, 6.45) is 0. The minimum Gasteiger partial charge on any atom is -0.364 e. The molecule has 1 aromatic heterocycles. The third-order valence-electron chi connectivity index (χ3n) is 3.05. The van der Waals surface area contributed by atoms with Crippen molar-refractivity contribution in [1.29, 1.82) is 5.26 Å². The van der Waals surface area contributed by atoms with Crippen LogP contribution in [0.3, 0.4) is 0 Å². The van der Waals surface area contributed by atoms with Gasteiger partial charge in [-0.15, -0.1) is 0 Å². The zero-order valence-corrected chi connectivity index (χ0v) is 12.3. The van der Waals surface area contributed by atoms with E-state index in [1.807, 2.05) is 19.1 Å². The van der Waals surface area contributed by atoms with E-state index in [1.54, 1.807) is 25.2 Å². The lowest BCUT2D eigenvalue weighted by atomic mass is 10.1. The van der Waals surface area contributed by atoms with Gasteiger partial charge in [0.15, 0.2) is 0 Å². The Morgan fingerprint density at radius 1 is 1.36 bits per heavy atom. The highest BCUT2D eigenvalue weighted by atomic mass is 19.1. The summed E-state index contributed by atoms with van der Waals surface area (Å²) in [6, 6.07) is 11.4. The number of likely N-dealkylation sites (N-methyl/N-ethyl adjacent to an activating group) is 1. The van der Waals surface area contributed by atoms with Crippen molar-refractivity contribution in [2.75, 3.05) is 23.8 Å². The van der Waals surface area contributed by atoms with E-state index < -0.39 is 5.82 Å². The second-order valence-electron chi connectivity index (χ2n) is 4.81. The van der Waals surface area contributed by atoms with Crippen LogP contribution in [0.1, 0.15) is 11.3 Å². The first-order valence-electron chi connectivity index (χ1n) is 6.64. The van der Waals surface area contributed by atoms with Crippen LogP contribution < -0.4 is 10.2 Å². The van der Waals surface area contributed by atoms with Gasteiger partial charge in [0.1, 0.15) is 23.3 Å². The number of hydrogen-bond donors (Lipinski definition) is 1. The molecule has 0 spiro atoms. The Labute approximate surface area is 128 Å². The molecular formula is C16H15FN4O. The van der Waals surface area contributed by atoms with Gasteiger partial charge < -0.3 is 10.2 Å². The molecule has 0 saturated heterocycles. The molecule has 1 heterocycles. The molecule has 1 aromatic carbocycles. The number of rotatable bonds is 4. The second-order valence-corrected chi connectivity index (χ2v) is 4.81. The van der Waals surface area contributed by atoms with Gasteiger partial charge in [0, 0.05) is 12.7 Å². The molecule has 0 aliphatic rings. The lowest BCUT2D eigenvalue weighted by Gasteiger charge is -2.20. The predicted octanol–water partition coefficient (Wildman–Crippen LogP) is 2.48. The number of nitriles is 1. The van der Waals surface area contributed by atoms with Crippen LogP contribution >= 0.6 is 0 Å². The van der Waals surface area contributed by atoms with E-state index in [0.29, 0.717) is 11.5 Å². The number of nitrogens with one attached hydrogen (secondary N) is 1. The highest BCUT2D eigenvalue weighted by Crippen LogP contribution is 2.21. The number of benzene rings is 1. The molecule has 22 heavy (non-hydrogen) atoms. The first-order chi connectivity index (χ1) is 10.5. The van der Waals surface area contributed by atoms with Gasteiger partial charge in [0.05, 0.1) is 12.2 Å². The van der Waals surface area contributed by atoms with E-state index in [4.69, 9.17) is 5.26 Å². The molecule has 112 valence electrons. The summed E-state index contributed by atoms with van der Waals surface area (Å²) in [5.41, 5.74) is 1.09. The van der Waals surface area contributed by atoms with E-state index in [-0.39, 0.29) is 18.0 Å². The first-order valence-corrected chi connectivity index (χ1v) is 6.64. The molecule has 0 aliphatic carbocycles. The van der Waals surface area contributed by atoms with Gasteiger partial charge in [-0.25, -0.2) is 9.37 Å². The Bertz CT molecular complexity index is 739. The number of pyridine rings is 1. The van der Waals surface area contributed by atoms with Crippen LogP contribution in [0.15, 0.2) is 36.4 Å². The zero-order valence-electron chi connectivity index (χ0n) is 12.3. The maximum Gasteiger partial charge on any atom is 0.245 e. The standard InChI is InChI=1S/C16H15FN4O/c1-11-5-3-8-15(19-11)20-16(22)10-21(2)14-7-4-6-13(17)12(14)9-18/h3-8H,10H2,1-2H3,(H,19,20,22). The number of carbonyl (C=O) groups excluding carboxylic acids is 1. The van der Waals surface area contributed by atoms with Gasteiger partial charge in [-0.2, -0.15) is 5.26 Å². The largest absolute Gasteiger partial charge is 0.364 e. The highest BCUT2D eigenvalue weighted by Gasteiger charge is 2.14. The molecule has 1 amide bonds. The van der Waals surface area contributed by atoms with Crippen LogP contribution in [0.2, 0.25) is 0 Å². The molecule has 0 aliphatic heterocycles. The monoisotopic (exact) mass is 298 g/mol. The lowest BCUT2D eigenvalue weighted by Crippen LogP contribution is -2.31. The van der Waals surface area contributed by atoms with Crippen molar-refractivity contribution in [3.63, 3.8) is 0 Å². The summed E-state index contributed by atoms with van der Waals surface area (Å²) in [5, 5.41) is 11.7. The number of hydrogen-bond acceptors (Lipinski definition) is 4. The van der Waals surface area contributed by atoms with Gasteiger partial charge >= 0.3 is 0 Å². The average molecular weight is 298 g/mol. The number of carbonyl (C=O) groups is 1. The Morgan fingerprint density at radius 3 is 2.77 bits per heavy atom. The number of nitrogens with zero attached hydrogens (tertiary/aromatic N) is 3. The summed E-state index contributed by atoms with van der Waals surface area (Å²) in [4.78, 5) is 17.7. The molecule has 2 rings (SSSR count).